The number of likely N-dealkylation sites (N-methyl/N-ethyl adjacent to an activating group) is 2. The van der Waals surface area contributed by atoms with Crippen LogP contribution in [-0.2, 0) is 0 Å². The number of aromatic nitrogens is 1. The Morgan fingerprint density at radius 2 is 2.41 bits per heavy atom. The number of nitrogen functional groups attached to an aromatic ring is 1. The van der Waals surface area contributed by atoms with E-state index in [0.717, 1.165) is 22.5 Å². The van der Waals surface area contributed by atoms with Crippen molar-refractivity contribution < 1.29 is 0 Å². The fourth-order valence-corrected chi connectivity index (χ4v) is 2.73. The molecule has 0 radical (unpaired) electrons. The minimum absolute atomic E-state index is 0.616. The van der Waals surface area contributed by atoms with Gasteiger partial charge in [0, 0.05) is 30.3 Å². The van der Waals surface area contributed by atoms with Gasteiger partial charge in [-0.1, -0.05) is 0 Å². The number of hydrogen-bond donors (Lipinski definition) is 1. The van der Waals surface area contributed by atoms with E-state index in [-0.39, 0.29) is 0 Å². The molecule has 1 aromatic heterocycles. The molecule has 0 amide bonds. The summed E-state index contributed by atoms with van der Waals surface area (Å²) in [6.07, 6.45) is 4.34. The summed E-state index contributed by atoms with van der Waals surface area (Å²) in [5.41, 5.74) is 6.71. The van der Waals surface area contributed by atoms with E-state index < -0.39 is 0 Å². The fourth-order valence-electron chi connectivity index (χ4n) is 2.38. The number of anilines is 2. The lowest BCUT2D eigenvalue weighted by atomic mass is 10.2. The van der Waals surface area contributed by atoms with E-state index in [4.69, 9.17) is 5.73 Å². The summed E-state index contributed by atoms with van der Waals surface area (Å²) in [4.78, 5) is 8.94. The van der Waals surface area contributed by atoms with Crippen LogP contribution in [0.1, 0.15) is 12.8 Å². The number of pyridine rings is 1. The van der Waals surface area contributed by atoms with E-state index in [1.54, 1.807) is 6.20 Å². The standard InChI is InChI=1S/C12H19BrN4/c1-16-5-3-4-10(16)8-17(2)12-11(14)6-9(13)7-15-12/h6-7,10H,3-5,8,14H2,1-2H3. The third-order valence-electron chi connectivity index (χ3n) is 3.38. The second-order valence-electron chi connectivity index (χ2n) is 4.72. The highest BCUT2D eigenvalue weighted by molar-refractivity contribution is 9.10. The van der Waals surface area contributed by atoms with Gasteiger partial charge in [-0.15, -0.1) is 0 Å². The number of hydrogen-bond acceptors (Lipinski definition) is 4. The first-order valence-corrected chi connectivity index (χ1v) is 6.69. The van der Waals surface area contributed by atoms with Gasteiger partial charge in [-0.05, 0) is 48.4 Å². The third kappa shape index (κ3) is 2.90. The number of likely N-dealkylation sites (tertiary alicyclic amines) is 1. The summed E-state index contributed by atoms with van der Waals surface area (Å²) in [5.74, 6) is 0.869. The van der Waals surface area contributed by atoms with Crippen LogP contribution < -0.4 is 10.6 Å². The highest BCUT2D eigenvalue weighted by atomic mass is 79.9. The Kier molecular flexibility index (Phi) is 3.89. The highest BCUT2D eigenvalue weighted by Gasteiger charge is 2.23. The monoisotopic (exact) mass is 298 g/mol. The van der Waals surface area contributed by atoms with Crippen LogP contribution in [-0.4, -0.2) is 43.1 Å². The Labute approximate surface area is 111 Å². The van der Waals surface area contributed by atoms with Crippen molar-refractivity contribution >= 4 is 27.4 Å². The summed E-state index contributed by atoms with van der Waals surface area (Å²) in [6.45, 7) is 2.18. The smallest absolute Gasteiger partial charge is 0.151 e. The Morgan fingerprint density at radius 3 is 3.00 bits per heavy atom. The number of nitrogens with zero attached hydrogens (tertiary/aromatic N) is 3. The van der Waals surface area contributed by atoms with E-state index in [0.29, 0.717) is 6.04 Å². The van der Waals surface area contributed by atoms with Crippen LogP contribution in [0.15, 0.2) is 16.7 Å². The molecule has 1 saturated heterocycles. The molecule has 2 N–H and O–H groups in total. The summed E-state index contributed by atoms with van der Waals surface area (Å²) in [7, 11) is 4.24. The van der Waals surface area contributed by atoms with Crippen molar-refractivity contribution in [2.75, 3.05) is 37.8 Å². The maximum absolute atomic E-state index is 5.98. The molecule has 1 fully saturated rings. The first-order valence-electron chi connectivity index (χ1n) is 5.90. The second-order valence-corrected chi connectivity index (χ2v) is 5.64. The van der Waals surface area contributed by atoms with Crippen LogP contribution in [0.3, 0.4) is 0 Å². The van der Waals surface area contributed by atoms with Crippen molar-refractivity contribution in [3.05, 3.63) is 16.7 Å². The topological polar surface area (TPSA) is 45.4 Å². The molecule has 1 atom stereocenters. The summed E-state index contributed by atoms with van der Waals surface area (Å²) < 4.78 is 0.921. The van der Waals surface area contributed by atoms with Crippen molar-refractivity contribution in [3.63, 3.8) is 0 Å². The molecule has 0 bridgehead atoms. The Morgan fingerprint density at radius 1 is 1.65 bits per heavy atom. The van der Waals surface area contributed by atoms with E-state index >= 15 is 0 Å². The predicted molar refractivity (Wildman–Crippen MR) is 75.3 cm³/mol. The molecule has 1 aliphatic heterocycles. The van der Waals surface area contributed by atoms with Gasteiger partial charge in [0.15, 0.2) is 5.82 Å². The first kappa shape index (κ1) is 12.6. The number of nitrogens with two attached hydrogens (primary N) is 1. The van der Waals surface area contributed by atoms with E-state index in [2.05, 4.69) is 44.8 Å². The quantitative estimate of drug-likeness (QED) is 0.927. The van der Waals surface area contributed by atoms with Gasteiger partial charge in [0.25, 0.3) is 0 Å². The van der Waals surface area contributed by atoms with Gasteiger partial charge in [0.2, 0.25) is 0 Å². The van der Waals surface area contributed by atoms with Gasteiger partial charge in [-0.25, -0.2) is 4.98 Å². The molecule has 1 unspecified atom stereocenters. The van der Waals surface area contributed by atoms with Crippen LogP contribution in [0, 0.1) is 0 Å². The minimum atomic E-state index is 0.616. The summed E-state index contributed by atoms with van der Waals surface area (Å²) >= 11 is 3.37. The lowest BCUT2D eigenvalue weighted by molar-refractivity contribution is 0.314. The van der Waals surface area contributed by atoms with Crippen molar-refractivity contribution in [3.8, 4) is 0 Å². The molecule has 0 aliphatic carbocycles. The summed E-state index contributed by atoms with van der Waals surface area (Å²) in [6, 6.07) is 2.52. The molecule has 1 aliphatic rings. The molecule has 2 rings (SSSR count). The maximum Gasteiger partial charge on any atom is 0.151 e. The highest BCUT2D eigenvalue weighted by Crippen LogP contribution is 2.24. The molecular weight excluding hydrogens is 280 g/mol. The van der Waals surface area contributed by atoms with Crippen LogP contribution in [0.25, 0.3) is 0 Å². The van der Waals surface area contributed by atoms with Crippen LogP contribution in [0.5, 0.6) is 0 Å². The van der Waals surface area contributed by atoms with Crippen LogP contribution >= 0.6 is 15.9 Å². The fraction of sp³-hybridized carbons (Fsp3) is 0.583. The van der Waals surface area contributed by atoms with Crippen molar-refractivity contribution in [2.24, 2.45) is 0 Å². The lowest BCUT2D eigenvalue weighted by Gasteiger charge is -2.27. The van der Waals surface area contributed by atoms with Crippen LogP contribution in [0.4, 0.5) is 11.5 Å². The normalized spacial score (nSPS) is 20.8. The van der Waals surface area contributed by atoms with E-state index in [1.807, 2.05) is 6.07 Å². The molecule has 17 heavy (non-hydrogen) atoms. The van der Waals surface area contributed by atoms with Crippen molar-refractivity contribution in [1.29, 1.82) is 0 Å². The molecule has 5 heteroatoms. The first-order chi connectivity index (χ1) is 8.08. The van der Waals surface area contributed by atoms with Crippen molar-refractivity contribution in [1.82, 2.24) is 9.88 Å². The number of halogens is 1. The van der Waals surface area contributed by atoms with Gasteiger partial charge in [0.05, 0.1) is 5.69 Å². The van der Waals surface area contributed by atoms with Gasteiger partial charge < -0.3 is 15.5 Å². The van der Waals surface area contributed by atoms with E-state index in [9.17, 15) is 0 Å². The average molecular weight is 299 g/mol. The zero-order valence-corrected chi connectivity index (χ0v) is 11.9. The zero-order valence-electron chi connectivity index (χ0n) is 10.4. The molecule has 94 valence electrons. The van der Waals surface area contributed by atoms with Gasteiger partial charge >= 0.3 is 0 Å². The lowest BCUT2D eigenvalue weighted by Crippen LogP contribution is -2.37. The van der Waals surface area contributed by atoms with Gasteiger partial charge in [-0.2, -0.15) is 0 Å². The second kappa shape index (κ2) is 5.23. The predicted octanol–water partition coefficient (Wildman–Crippen LogP) is 1.96. The minimum Gasteiger partial charge on any atom is -0.396 e. The largest absolute Gasteiger partial charge is 0.396 e. The molecular formula is C12H19BrN4. The summed E-state index contributed by atoms with van der Waals surface area (Å²) in [5, 5.41) is 0. The Balaban J connectivity index is 2.06. The van der Waals surface area contributed by atoms with Gasteiger partial charge in [0.1, 0.15) is 0 Å². The molecule has 4 nitrogen and oxygen atoms in total. The molecule has 0 aromatic carbocycles. The molecule has 2 heterocycles. The molecule has 0 spiro atoms. The molecule has 0 saturated carbocycles. The Bertz CT molecular complexity index is 396. The maximum atomic E-state index is 5.98. The van der Waals surface area contributed by atoms with Crippen molar-refractivity contribution in [2.45, 2.75) is 18.9 Å². The van der Waals surface area contributed by atoms with E-state index in [1.165, 1.54) is 19.4 Å². The average Bonchev–Trinajstić information content (AvgIpc) is 2.64. The molecule has 1 aromatic rings. The number of rotatable bonds is 3. The zero-order chi connectivity index (χ0) is 12.4. The SMILES string of the molecule is CN(CC1CCCN1C)c1ncc(Br)cc1N. The van der Waals surface area contributed by atoms with Crippen LogP contribution in [0.2, 0.25) is 0 Å². The third-order valence-corrected chi connectivity index (χ3v) is 3.81. The van der Waals surface area contributed by atoms with Gasteiger partial charge in [-0.3, -0.25) is 0 Å². The Hall–Kier alpha value is -0.810.